The fourth-order valence-electron chi connectivity index (χ4n) is 3.54. The molecule has 1 fully saturated rings. The molecule has 2 atom stereocenters. The van der Waals surface area contributed by atoms with E-state index in [2.05, 4.69) is 0 Å². The van der Waals surface area contributed by atoms with Gasteiger partial charge in [-0.15, -0.1) is 0 Å². The zero-order chi connectivity index (χ0) is 17.4. The highest BCUT2D eigenvalue weighted by molar-refractivity contribution is 6.15. The van der Waals surface area contributed by atoms with Crippen molar-refractivity contribution in [2.75, 3.05) is 6.54 Å². The second kappa shape index (κ2) is 5.97. The van der Waals surface area contributed by atoms with Crippen LogP contribution in [0.2, 0.25) is 0 Å². The van der Waals surface area contributed by atoms with E-state index in [1.807, 2.05) is 60.7 Å². The Morgan fingerprint density at radius 1 is 1.00 bits per heavy atom. The van der Waals surface area contributed by atoms with Gasteiger partial charge in [0.1, 0.15) is 11.7 Å². The van der Waals surface area contributed by atoms with Gasteiger partial charge in [-0.3, -0.25) is 14.5 Å². The van der Waals surface area contributed by atoms with E-state index in [0.717, 1.165) is 11.1 Å². The number of epoxide rings is 1. The summed E-state index contributed by atoms with van der Waals surface area (Å²) < 4.78 is 6.17. The molecule has 0 aliphatic carbocycles. The minimum absolute atomic E-state index is 0.0574. The van der Waals surface area contributed by atoms with Crippen LogP contribution in [0.1, 0.15) is 30.6 Å². The van der Waals surface area contributed by atoms with E-state index in [-0.39, 0.29) is 17.9 Å². The largest absolute Gasteiger partial charge is 0.356 e. The van der Waals surface area contributed by atoms with Gasteiger partial charge in [-0.2, -0.15) is 0 Å². The maximum absolute atomic E-state index is 12.1. The lowest BCUT2D eigenvalue weighted by molar-refractivity contribution is -0.137. The number of hydrogen-bond acceptors (Lipinski definition) is 3. The maximum Gasteiger partial charge on any atom is 0.256 e. The minimum atomic E-state index is -0.486. The Morgan fingerprint density at radius 2 is 1.64 bits per heavy atom. The number of ether oxygens (including phenoxy) is 1. The Balaban J connectivity index is 1.59. The van der Waals surface area contributed by atoms with Crippen molar-refractivity contribution in [1.29, 1.82) is 0 Å². The highest BCUT2D eigenvalue weighted by Gasteiger charge is 2.58. The monoisotopic (exact) mass is 333 g/mol. The van der Waals surface area contributed by atoms with E-state index in [1.54, 1.807) is 6.92 Å². The summed E-state index contributed by atoms with van der Waals surface area (Å²) in [4.78, 5) is 25.5. The van der Waals surface area contributed by atoms with Gasteiger partial charge in [-0.25, -0.2) is 0 Å². The molecule has 0 saturated carbocycles. The van der Waals surface area contributed by atoms with Gasteiger partial charge in [0.25, 0.3) is 11.8 Å². The fraction of sp³-hybridized carbons (Fsp3) is 0.238. The molecule has 2 amide bonds. The second-order valence-corrected chi connectivity index (χ2v) is 6.54. The molecule has 0 spiro atoms. The van der Waals surface area contributed by atoms with Gasteiger partial charge in [0.2, 0.25) is 0 Å². The molecule has 0 bridgehead atoms. The van der Waals surface area contributed by atoms with Gasteiger partial charge in [0.05, 0.1) is 0 Å². The molecule has 4 nitrogen and oxygen atoms in total. The first-order chi connectivity index (χ1) is 12.1. The standard InChI is InChI=1S/C21H19NO3/c1-15-14-18(23)22(20(15)24)13-12-21(17-10-6-3-7-11-17)19(25-21)16-8-4-2-5-9-16/h2-11,14,19H,12-13H2,1H3. The number of benzene rings is 2. The number of nitrogens with zero attached hydrogens (tertiary/aromatic N) is 1. The van der Waals surface area contributed by atoms with E-state index in [4.69, 9.17) is 4.74 Å². The van der Waals surface area contributed by atoms with E-state index in [9.17, 15) is 9.59 Å². The summed E-state index contributed by atoms with van der Waals surface area (Å²) >= 11 is 0. The van der Waals surface area contributed by atoms with Gasteiger partial charge in [-0.05, 0) is 18.1 Å². The molecule has 2 aromatic carbocycles. The molecule has 2 unspecified atom stereocenters. The van der Waals surface area contributed by atoms with Gasteiger partial charge in [-0.1, -0.05) is 60.7 Å². The summed E-state index contributed by atoms with van der Waals surface area (Å²) in [7, 11) is 0. The van der Waals surface area contributed by atoms with Crippen LogP contribution in [-0.2, 0) is 19.9 Å². The Kier molecular flexibility index (Phi) is 3.77. The minimum Gasteiger partial charge on any atom is -0.356 e. The van der Waals surface area contributed by atoms with Crippen molar-refractivity contribution >= 4 is 11.8 Å². The molecule has 2 aliphatic rings. The Labute approximate surface area is 146 Å². The van der Waals surface area contributed by atoms with Crippen molar-refractivity contribution in [3.8, 4) is 0 Å². The number of imide groups is 1. The second-order valence-electron chi connectivity index (χ2n) is 6.54. The van der Waals surface area contributed by atoms with Crippen molar-refractivity contribution in [3.05, 3.63) is 83.4 Å². The third kappa shape index (κ3) is 2.68. The van der Waals surface area contributed by atoms with Crippen LogP contribution in [0.15, 0.2) is 72.3 Å². The first-order valence-corrected chi connectivity index (χ1v) is 8.44. The topological polar surface area (TPSA) is 49.9 Å². The van der Waals surface area contributed by atoms with Gasteiger partial charge in [0, 0.05) is 24.6 Å². The summed E-state index contributed by atoms with van der Waals surface area (Å²) in [6, 6.07) is 20.1. The number of rotatable bonds is 5. The van der Waals surface area contributed by atoms with Gasteiger partial charge >= 0.3 is 0 Å². The Bertz CT molecular complexity index is 844. The third-order valence-corrected chi connectivity index (χ3v) is 4.95. The SMILES string of the molecule is CC1=CC(=O)N(CCC2(c3ccccc3)OC2c2ccccc2)C1=O. The average molecular weight is 333 g/mol. The van der Waals surface area contributed by atoms with Crippen LogP contribution in [0.4, 0.5) is 0 Å². The van der Waals surface area contributed by atoms with Crippen LogP contribution in [0.5, 0.6) is 0 Å². The summed E-state index contributed by atoms with van der Waals surface area (Å²) in [5.74, 6) is -0.437. The number of carbonyl (C=O) groups is 2. The van der Waals surface area contributed by atoms with Crippen LogP contribution >= 0.6 is 0 Å². The Morgan fingerprint density at radius 3 is 2.24 bits per heavy atom. The molecule has 25 heavy (non-hydrogen) atoms. The molecule has 0 N–H and O–H groups in total. The highest BCUT2D eigenvalue weighted by Crippen LogP contribution is 2.59. The maximum atomic E-state index is 12.1. The van der Waals surface area contributed by atoms with Crippen LogP contribution in [0, 0.1) is 0 Å². The molecule has 0 aromatic heterocycles. The van der Waals surface area contributed by atoms with Crippen molar-refractivity contribution in [3.63, 3.8) is 0 Å². The predicted molar refractivity (Wildman–Crippen MR) is 93.5 cm³/mol. The molecule has 2 heterocycles. The zero-order valence-electron chi connectivity index (χ0n) is 14.0. The molecule has 126 valence electrons. The first-order valence-electron chi connectivity index (χ1n) is 8.44. The molecule has 4 rings (SSSR count). The molecular formula is C21H19NO3. The molecule has 0 radical (unpaired) electrons. The van der Waals surface area contributed by atoms with E-state index in [1.165, 1.54) is 11.0 Å². The quantitative estimate of drug-likeness (QED) is 0.623. The lowest BCUT2D eigenvalue weighted by Gasteiger charge is -2.19. The number of amides is 2. The van der Waals surface area contributed by atoms with Crippen LogP contribution in [-0.4, -0.2) is 23.3 Å². The third-order valence-electron chi connectivity index (χ3n) is 4.95. The molecule has 4 heteroatoms. The van der Waals surface area contributed by atoms with Gasteiger partial charge < -0.3 is 4.74 Å². The number of hydrogen-bond donors (Lipinski definition) is 0. The lowest BCUT2D eigenvalue weighted by atomic mass is 9.89. The van der Waals surface area contributed by atoms with Gasteiger partial charge in [0.15, 0.2) is 0 Å². The fourth-order valence-corrected chi connectivity index (χ4v) is 3.54. The van der Waals surface area contributed by atoms with E-state index >= 15 is 0 Å². The highest BCUT2D eigenvalue weighted by atomic mass is 16.6. The van der Waals surface area contributed by atoms with Crippen LogP contribution in [0.3, 0.4) is 0 Å². The number of carbonyl (C=O) groups excluding carboxylic acids is 2. The average Bonchev–Trinajstić information content (AvgIpc) is 3.33. The van der Waals surface area contributed by atoms with E-state index in [0.29, 0.717) is 18.5 Å². The normalized spacial score (nSPS) is 25.2. The predicted octanol–water partition coefficient (Wildman–Crippen LogP) is 3.36. The Hall–Kier alpha value is -2.72. The van der Waals surface area contributed by atoms with Crippen LogP contribution in [0.25, 0.3) is 0 Å². The van der Waals surface area contributed by atoms with Crippen molar-refractivity contribution in [2.45, 2.75) is 25.0 Å². The van der Waals surface area contributed by atoms with Crippen molar-refractivity contribution in [1.82, 2.24) is 4.90 Å². The van der Waals surface area contributed by atoms with Crippen molar-refractivity contribution < 1.29 is 14.3 Å². The lowest BCUT2D eigenvalue weighted by Crippen LogP contribution is -2.34. The van der Waals surface area contributed by atoms with E-state index < -0.39 is 5.60 Å². The zero-order valence-corrected chi connectivity index (χ0v) is 14.0. The molecule has 2 aliphatic heterocycles. The smallest absolute Gasteiger partial charge is 0.256 e. The molecular weight excluding hydrogens is 314 g/mol. The summed E-state index contributed by atoms with van der Waals surface area (Å²) in [6.07, 6.45) is 1.92. The van der Waals surface area contributed by atoms with Crippen LogP contribution < -0.4 is 0 Å². The summed E-state index contributed by atoms with van der Waals surface area (Å²) in [6.45, 7) is 2.03. The van der Waals surface area contributed by atoms with Crippen molar-refractivity contribution in [2.24, 2.45) is 0 Å². The summed E-state index contributed by atoms with van der Waals surface area (Å²) in [5, 5.41) is 0. The first kappa shape index (κ1) is 15.8. The molecule has 1 saturated heterocycles. The summed E-state index contributed by atoms with van der Waals surface area (Å²) in [5.41, 5.74) is 2.20. The molecule has 2 aromatic rings.